The van der Waals surface area contributed by atoms with Gasteiger partial charge in [0, 0.05) is 24.0 Å². The molecule has 3 rings (SSSR count). The average molecular weight is 393 g/mol. The molecule has 0 saturated heterocycles. The summed E-state index contributed by atoms with van der Waals surface area (Å²) in [6.07, 6.45) is -2.52. The number of rotatable bonds is 3. The Balaban J connectivity index is 1.91. The van der Waals surface area contributed by atoms with Gasteiger partial charge in [0.15, 0.2) is 6.23 Å². The van der Waals surface area contributed by atoms with E-state index in [0.29, 0.717) is 28.6 Å². The fourth-order valence-corrected chi connectivity index (χ4v) is 3.36. The van der Waals surface area contributed by atoms with E-state index in [4.69, 9.17) is 23.2 Å². The minimum Gasteiger partial charge on any atom is -0.406 e. The van der Waals surface area contributed by atoms with Gasteiger partial charge in [0.25, 0.3) is 0 Å². The molecule has 0 spiro atoms. The van der Waals surface area contributed by atoms with Gasteiger partial charge in [0.1, 0.15) is 10.9 Å². The van der Waals surface area contributed by atoms with Crippen LogP contribution in [-0.2, 0) is 6.54 Å². The lowest BCUT2D eigenvalue weighted by Crippen LogP contribution is -2.26. The van der Waals surface area contributed by atoms with E-state index in [1.54, 1.807) is 16.8 Å². The topological polar surface area (TPSA) is 37.6 Å². The number of ether oxygens (including phenoxy) is 1. The number of halogens is 5. The van der Waals surface area contributed by atoms with Gasteiger partial charge in [-0.3, -0.25) is 0 Å². The van der Waals surface area contributed by atoms with Gasteiger partial charge in [0.2, 0.25) is 0 Å². The summed E-state index contributed by atoms with van der Waals surface area (Å²) < 4.78 is 42.3. The second-order valence-electron chi connectivity index (χ2n) is 5.29. The fourth-order valence-electron chi connectivity index (χ4n) is 2.75. The Hall–Kier alpha value is -1.83. The van der Waals surface area contributed by atoms with Crippen molar-refractivity contribution in [3.63, 3.8) is 0 Å². The molecule has 1 N–H and O–H groups in total. The van der Waals surface area contributed by atoms with Crippen molar-refractivity contribution < 1.29 is 23.0 Å². The summed E-state index contributed by atoms with van der Waals surface area (Å²) >= 11 is 12.4. The van der Waals surface area contributed by atoms with Crippen LogP contribution in [0.5, 0.6) is 5.75 Å². The van der Waals surface area contributed by atoms with Crippen molar-refractivity contribution in [3.8, 4) is 5.75 Å². The zero-order valence-electron chi connectivity index (χ0n) is 12.9. The van der Waals surface area contributed by atoms with Crippen LogP contribution < -0.4 is 9.64 Å². The number of hydrogen-bond acceptors (Lipinski definition) is 3. The minimum atomic E-state index is -4.76. The molecule has 0 radical (unpaired) electrons. The molecule has 2 heterocycles. The van der Waals surface area contributed by atoms with Gasteiger partial charge in [-0.15, -0.1) is 13.2 Å². The van der Waals surface area contributed by atoms with E-state index < -0.39 is 12.6 Å². The van der Waals surface area contributed by atoms with Gasteiger partial charge in [-0.2, -0.15) is 0 Å². The molecule has 1 unspecified atom stereocenters. The summed E-state index contributed by atoms with van der Waals surface area (Å²) in [5, 5.41) is 11.2. The van der Waals surface area contributed by atoms with E-state index in [0.717, 1.165) is 0 Å². The van der Waals surface area contributed by atoms with Gasteiger partial charge in [-0.05, 0) is 37.3 Å². The van der Waals surface area contributed by atoms with Crippen molar-refractivity contribution in [2.75, 3.05) is 4.90 Å². The highest BCUT2D eigenvalue weighted by atomic mass is 35.5. The van der Waals surface area contributed by atoms with E-state index in [9.17, 15) is 18.3 Å². The van der Waals surface area contributed by atoms with Crippen molar-refractivity contribution in [1.29, 1.82) is 0 Å². The first kappa shape index (κ1) is 18.0. The molecule has 0 fully saturated rings. The molecular weight excluding hydrogens is 380 g/mol. The molecule has 134 valence electrons. The normalized spacial score (nSPS) is 16.9. The third-order valence-corrected chi connectivity index (χ3v) is 4.69. The van der Waals surface area contributed by atoms with Crippen LogP contribution in [0.3, 0.4) is 0 Å². The number of benzene rings is 1. The van der Waals surface area contributed by atoms with Crippen LogP contribution in [0, 0.1) is 0 Å². The number of aliphatic hydroxyl groups is 1. The Labute approximate surface area is 151 Å². The predicted octanol–water partition coefficient (Wildman–Crippen LogP) is 5.20. The first-order valence-corrected chi connectivity index (χ1v) is 8.06. The fraction of sp³-hybridized carbons (Fsp3) is 0.250. The Morgan fingerprint density at radius 2 is 1.84 bits per heavy atom. The lowest BCUT2D eigenvalue weighted by atomic mass is 10.1. The monoisotopic (exact) mass is 392 g/mol. The summed E-state index contributed by atoms with van der Waals surface area (Å²) in [4.78, 5) is 1.47. The molecule has 1 aliphatic rings. The van der Waals surface area contributed by atoms with Crippen LogP contribution >= 0.6 is 23.2 Å². The number of fused-ring (bicyclic) bond motifs is 1. The number of anilines is 1. The van der Waals surface area contributed by atoms with Crippen molar-refractivity contribution in [1.82, 2.24) is 4.57 Å². The molecule has 4 nitrogen and oxygen atoms in total. The van der Waals surface area contributed by atoms with Crippen LogP contribution in [0.1, 0.15) is 24.4 Å². The Bertz CT molecular complexity index is 816. The molecule has 0 aliphatic carbocycles. The predicted molar refractivity (Wildman–Crippen MR) is 89.7 cm³/mol. The maximum Gasteiger partial charge on any atom is 0.573 e. The van der Waals surface area contributed by atoms with Gasteiger partial charge in [-0.25, -0.2) is 0 Å². The lowest BCUT2D eigenvalue weighted by molar-refractivity contribution is -0.274. The zero-order valence-corrected chi connectivity index (χ0v) is 14.4. The van der Waals surface area contributed by atoms with E-state index in [-0.39, 0.29) is 10.8 Å². The third-order valence-electron chi connectivity index (χ3n) is 3.82. The molecule has 2 aromatic rings. The average Bonchev–Trinajstić information content (AvgIpc) is 2.79. The molecule has 0 saturated carbocycles. The van der Waals surface area contributed by atoms with E-state index >= 15 is 0 Å². The Kier molecular flexibility index (Phi) is 4.66. The Morgan fingerprint density at radius 3 is 2.40 bits per heavy atom. The molecule has 1 atom stereocenters. The highest BCUT2D eigenvalue weighted by Gasteiger charge is 2.32. The van der Waals surface area contributed by atoms with E-state index in [1.165, 1.54) is 29.2 Å². The largest absolute Gasteiger partial charge is 0.573 e. The van der Waals surface area contributed by atoms with Crippen LogP contribution in [0.2, 0.25) is 10.2 Å². The minimum absolute atomic E-state index is 0.248. The number of hydrogen-bond donors (Lipinski definition) is 1. The van der Waals surface area contributed by atoms with Crippen LogP contribution in [0.4, 0.5) is 18.9 Å². The van der Waals surface area contributed by atoms with Gasteiger partial charge in [0.05, 0.1) is 10.7 Å². The van der Waals surface area contributed by atoms with Crippen LogP contribution in [0.15, 0.2) is 30.5 Å². The molecule has 25 heavy (non-hydrogen) atoms. The number of nitrogens with zero attached hydrogens (tertiary/aromatic N) is 2. The third kappa shape index (κ3) is 3.31. The van der Waals surface area contributed by atoms with Crippen molar-refractivity contribution in [2.24, 2.45) is 0 Å². The lowest BCUT2D eigenvalue weighted by Gasteiger charge is -2.30. The second-order valence-corrected chi connectivity index (χ2v) is 6.02. The zero-order chi connectivity index (χ0) is 18.4. The molecule has 0 amide bonds. The van der Waals surface area contributed by atoms with Crippen molar-refractivity contribution in [3.05, 3.63) is 51.9 Å². The van der Waals surface area contributed by atoms with Crippen molar-refractivity contribution in [2.45, 2.75) is 26.1 Å². The highest BCUT2D eigenvalue weighted by molar-refractivity contribution is 6.42. The molecule has 0 bridgehead atoms. The summed E-state index contributed by atoms with van der Waals surface area (Å²) in [5.41, 5.74) is 1.62. The van der Waals surface area contributed by atoms with Crippen LogP contribution in [-0.4, -0.2) is 16.0 Å². The molecule has 9 heteroatoms. The molecule has 1 aliphatic heterocycles. The van der Waals surface area contributed by atoms with Crippen LogP contribution in [0.25, 0.3) is 6.08 Å². The standard InChI is InChI=1S/C16H13Cl2F3N2O2/c1-2-22-11-7-8-23(15(24)12(11)13(17)14(22)18)9-3-5-10(6-4-9)25-16(19,20)21/h3-8,15,24H,2H2,1H3. The number of alkyl halides is 3. The first-order chi connectivity index (χ1) is 11.7. The maximum atomic E-state index is 12.2. The van der Waals surface area contributed by atoms with E-state index in [1.807, 2.05) is 6.92 Å². The van der Waals surface area contributed by atoms with E-state index in [2.05, 4.69) is 4.74 Å². The summed E-state index contributed by atoms with van der Waals surface area (Å²) in [5.74, 6) is -0.342. The van der Waals surface area contributed by atoms with Gasteiger partial charge in [-0.1, -0.05) is 23.2 Å². The highest BCUT2D eigenvalue weighted by Crippen LogP contribution is 2.42. The SMILES string of the molecule is CCn1c(Cl)c(Cl)c2c1C=CN(c1ccc(OC(F)(F)F)cc1)C2O. The first-order valence-electron chi connectivity index (χ1n) is 7.30. The van der Waals surface area contributed by atoms with Gasteiger partial charge < -0.3 is 19.3 Å². The number of aliphatic hydroxyl groups excluding tert-OH is 1. The summed E-state index contributed by atoms with van der Waals surface area (Å²) in [6, 6.07) is 5.16. The van der Waals surface area contributed by atoms with Gasteiger partial charge >= 0.3 is 6.36 Å². The number of aromatic nitrogens is 1. The smallest absolute Gasteiger partial charge is 0.406 e. The summed E-state index contributed by atoms with van der Waals surface area (Å²) in [6.45, 7) is 2.48. The molecule has 1 aromatic heterocycles. The molecule has 1 aromatic carbocycles. The quantitative estimate of drug-likeness (QED) is 0.780. The van der Waals surface area contributed by atoms with Crippen molar-refractivity contribution >= 4 is 35.0 Å². The summed E-state index contributed by atoms with van der Waals surface area (Å²) in [7, 11) is 0. The Morgan fingerprint density at radius 1 is 1.20 bits per heavy atom. The molecular formula is C16H13Cl2F3N2O2. The maximum absolute atomic E-state index is 12.2. The second kappa shape index (κ2) is 6.48.